The van der Waals surface area contributed by atoms with E-state index in [2.05, 4.69) is 84.9 Å². The van der Waals surface area contributed by atoms with Crippen LogP contribution in [0.1, 0.15) is 53.5 Å². The normalized spacial score (nSPS) is 14.5. The Labute approximate surface area is 221 Å². The van der Waals surface area contributed by atoms with Crippen molar-refractivity contribution >= 4 is 46.9 Å². The van der Waals surface area contributed by atoms with Gasteiger partial charge in [-0.05, 0) is 0 Å². The van der Waals surface area contributed by atoms with Crippen LogP contribution in [0.15, 0.2) is 91.0 Å². The third-order valence-electron chi connectivity index (χ3n) is 6.71. The molecule has 1 unspecified atom stereocenters. The van der Waals surface area contributed by atoms with E-state index in [1.807, 2.05) is 19.1 Å². The van der Waals surface area contributed by atoms with Gasteiger partial charge in [-0.2, -0.15) is 0 Å². The number of carbonyl (C=O) groups is 1. The molecule has 0 saturated carbocycles. The van der Waals surface area contributed by atoms with E-state index in [1.54, 1.807) is 3.38 Å². The van der Waals surface area contributed by atoms with Crippen LogP contribution >= 0.6 is 18.6 Å². The summed E-state index contributed by atoms with van der Waals surface area (Å²) in [5.41, 5.74) is 7.31. The molecule has 1 atom stereocenters. The van der Waals surface area contributed by atoms with Gasteiger partial charge in [0.05, 0.1) is 0 Å². The summed E-state index contributed by atoms with van der Waals surface area (Å²) in [6, 6.07) is 31.9. The van der Waals surface area contributed by atoms with E-state index in [1.165, 1.54) is 27.8 Å². The predicted octanol–water partition coefficient (Wildman–Crippen LogP) is 8.50. The SMILES string of the molecule is CCCC(=O)[N](Cc1c(C2C(c3ccccc3)=Cc3ccccc32)ccc2ccccc12)[Ti]([Cl])[Cl]. The topological polar surface area (TPSA) is 20.3 Å². The average molecular weight is 535 g/mol. The fraction of sp³-hybridized carbons (Fsp3) is 0.167. The van der Waals surface area contributed by atoms with E-state index >= 15 is 0 Å². The zero-order chi connectivity index (χ0) is 24.4. The Hall–Kier alpha value is -2.36. The quantitative estimate of drug-likeness (QED) is 0.217. The number of hydrogen-bond donors (Lipinski definition) is 0. The minimum absolute atomic E-state index is 0.0389. The molecule has 2 nitrogen and oxygen atoms in total. The van der Waals surface area contributed by atoms with E-state index in [4.69, 9.17) is 18.6 Å². The third kappa shape index (κ3) is 4.86. The molecule has 0 heterocycles. The van der Waals surface area contributed by atoms with Crippen LogP contribution < -0.4 is 0 Å². The summed E-state index contributed by atoms with van der Waals surface area (Å²) < 4.78 is 1.75. The molecule has 175 valence electrons. The Kier molecular flexibility index (Phi) is 7.46. The first-order chi connectivity index (χ1) is 17.1. The summed E-state index contributed by atoms with van der Waals surface area (Å²) in [6.45, 7) is 2.44. The predicted molar refractivity (Wildman–Crippen MR) is 144 cm³/mol. The molecule has 0 bridgehead atoms. The fourth-order valence-electron chi connectivity index (χ4n) is 5.09. The number of rotatable bonds is 7. The van der Waals surface area contributed by atoms with Gasteiger partial charge in [0.15, 0.2) is 0 Å². The zero-order valence-electron chi connectivity index (χ0n) is 19.5. The van der Waals surface area contributed by atoms with Gasteiger partial charge in [-0.1, -0.05) is 0 Å². The maximum atomic E-state index is 13.0. The third-order valence-corrected chi connectivity index (χ3v) is 9.67. The number of fused-ring (bicyclic) bond motifs is 2. The van der Waals surface area contributed by atoms with Crippen molar-refractivity contribution in [2.75, 3.05) is 0 Å². The first-order valence-corrected chi connectivity index (χ1v) is 16.9. The molecule has 0 N–H and O–H groups in total. The van der Waals surface area contributed by atoms with Crippen LogP contribution in [0.5, 0.6) is 0 Å². The molecule has 0 saturated heterocycles. The summed E-state index contributed by atoms with van der Waals surface area (Å²) in [7, 11) is 13.0. The van der Waals surface area contributed by atoms with Gasteiger partial charge in [0, 0.05) is 0 Å². The Bertz CT molecular complexity index is 1400. The molecule has 0 radical (unpaired) electrons. The van der Waals surface area contributed by atoms with Gasteiger partial charge < -0.3 is 0 Å². The molecular formula is C30H26Cl2NOTi. The summed E-state index contributed by atoms with van der Waals surface area (Å²) in [6.07, 6.45) is 3.53. The Morgan fingerprint density at radius 2 is 1.57 bits per heavy atom. The second kappa shape index (κ2) is 10.7. The number of nitrogens with zero attached hydrogens (tertiary/aromatic N) is 1. The van der Waals surface area contributed by atoms with Gasteiger partial charge in [-0.25, -0.2) is 0 Å². The van der Waals surface area contributed by atoms with Crippen molar-refractivity contribution in [2.24, 2.45) is 0 Å². The van der Waals surface area contributed by atoms with Crippen LogP contribution in [0.4, 0.5) is 0 Å². The van der Waals surface area contributed by atoms with Gasteiger partial charge in [-0.3, -0.25) is 0 Å². The summed E-state index contributed by atoms with van der Waals surface area (Å²) in [5, 5.41) is 2.29. The molecule has 5 heteroatoms. The van der Waals surface area contributed by atoms with Gasteiger partial charge in [0.2, 0.25) is 0 Å². The van der Waals surface area contributed by atoms with Crippen molar-refractivity contribution in [2.45, 2.75) is 32.2 Å². The van der Waals surface area contributed by atoms with Gasteiger partial charge >= 0.3 is 222 Å². The second-order valence-electron chi connectivity index (χ2n) is 8.85. The molecule has 1 aliphatic carbocycles. The Balaban J connectivity index is 1.71. The number of hydrogen-bond acceptors (Lipinski definition) is 1. The van der Waals surface area contributed by atoms with Crippen molar-refractivity contribution < 1.29 is 20.8 Å². The molecule has 35 heavy (non-hydrogen) atoms. The van der Waals surface area contributed by atoms with Gasteiger partial charge in [0.25, 0.3) is 0 Å². The first kappa shape index (κ1) is 24.3. The monoisotopic (exact) mass is 534 g/mol. The summed E-state index contributed by atoms with van der Waals surface area (Å²) in [4.78, 5) is 13.0. The van der Waals surface area contributed by atoms with Crippen LogP contribution in [-0.4, -0.2) is 9.29 Å². The molecule has 4 aromatic carbocycles. The van der Waals surface area contributed by atoms with E-state index < -0.39 is 16.0 Å². The number of allylic oxidation sites excluding steroid dienone is 1. The van der Waals surface area contributed by atoms with E-state index in [-0.39, 0.29) is 11.8 Å². The Morgan fingerprint density at radius 3 is 2.34 bits per heavy atom. The van der Waals surface area contributed by atoms with Gasteiger partial charge in [0.1, 0.15) is 0 Å². The molecule has 0 spiro atoms. The van der Waals surface area contributed by atoms with Crippen LogP contribution in [0.25, 0.3) is 22.4 Å². The van der Waals surface area contributed by atoms with Crippen molar-refractivity contribution in [3.63, 3.8) is 0 Å². The van der Waals surface area contributed by atoms with Crippen molar-refractivity contribution in [1.82, 2.24) is 3.38 Å². The molecule has 5 rings (SSSR count). The number of amides is 1. The zero-order valence-corrected chi connectivity index (χ0v) is 22.6. The number of halogens is 2. The second-order valence-corrected chi connectivity index (χ2v) is 14.2. The van der Waals surface area contributed by atoms with Crippen molar-refractivity contribution in [3.05, 3.63) is 119 Å². The fourth-order valence-corrected chi connectivity index (χ4v) is 7.26. The summed E-state index contributed by atoms with van der Waals surface area (Å²) in [5.74, 6) is 0.0995. The molecule has 1 amide bonds. The van der Waals surface area contributed by atoms with E-state index in [9.17, 15) is 4.79 Å². The van der Waals surface area contributed by atoms with Crippen LogP contribution in [0.3, 0.4) is 0 Å². The van der Waals surface area contributed by atoms with Gasteiger partial charge in [-0.15, -0.1) is 0 Å². The van der Waals surface area contributed by atoms with E-state index in [0.717, 1.165) is 22.8 Å². The molecular weight excluding hydrogens is 509 g/mol. The van der Waals surface area contributed by atoms with Crippen LogP contribution in [0.2, 0.25) is 0 Å². The Morgan fingerprint density at radius 1 is 0.857 bits per heavy atom. The minimum atomic E-state index is -2.71. The molecule has 0 aromatic heterocycles. The van der Waals surface area contributed by atoms with E-state index in [0.29, 0.717) is 13.0 Å². The standard InChI is InChI=1S/C30H27NO.2ClH.Ti/c1-2-10-29(32)31-20-28-24-15-8-6-13-22(24)17-18-26(28)30-25-16-9-7-14-23(25)19-27(30)21-11-4-3-5-12-21;;;/h3-9,11-19,30H,2,10,20H2,1H3,(H,31,32);2*1H;/q;;;+3/p-3. The average Bonchev–Trinajstić information content (AvgIpc) is 3.27. The van der Waals surface area contributed by atoms with Crippen molar-refractivity contribution in [1.29, 1.82) is 0 Å². The molecule has 1 aliphatic rings. The molecule has 0 fully saturated rings. The van der Waals surface area contributed by atoms with Crippen LogP contribution in [-0.2, 0) is 27.3 Å². The first-order valence-electron chi connectivity index (χ1n) is 11.9. The number of carbonyl (C=O) groups excluding carboxylic acids is 1. The molecule has 4 aromatic rings. The molecule has 0 aliphatic heterocycles. The van der Waals surface area contributed by atoms with Crippen molar-refractivity contribution in [3.8, 4) is 0 Å². The van der Waals surface area contributed by atoms with Crippen LogP contribution in [0, 0.1) is 0 Å². The maximum absolute atomic E-state index is 13.0. The summed E-state index contributed by atoms with van der Waals surface area (Å²) >= 11 is -2.71. The number of benzene rings is 4.